The molecule has 3 rings (SSSR count). The fourth-order valence-electron chi connectivity index (χ4n) is 2.17. The Kier molecular flexibility index (Phi) is 2.97. The summed E-state index contributed by atoms with van der Waals surface area (Å²) < 4.78 is 15.1. The van der Waals surface area contributed by atoms with Crippen LogP contribution in [0.2, 0.25) is 0 Å². The number of aromatic nitrogens is 3. The van der Waals surface area contributed by atoms with Crippen LogP contribution in [-0.4, -0.2) is 14.6 Å². The van der Waals surface area contributed by atoms with Gasteiger partial charge in [-0.15, -0.1) is 10.2 Å². The van der Waals surface area contributed by atoms with E-state index in [1.165, 1.54) is 12.1 Å². The van der Waals surface area contributed by atoms with Crippen LogP contribution in [0.25, 0.3) is 5.65 Å². The Morgan fingerprint density at radius 2 is 1.95 bits per heavy atom. The topological polar surface area (TPSA) is 56.2 Å². The summed E-state index contributed by atoms with van der Waals surface area (Å²) in [7, 11) is 0. The summed E-state index contributed by atoms with van der Waals surface area (Å²) in [5.41, 5.74) is 8.28. The Morgan fingerprint density at radius 3 is 2.74 bits per heavy atom. The van der Waals surface area contributed by atoms with E-state index in [1.54, 1.807) is 6.07 Å². The first-order chi connectivity index (χ1) is 9.28. The van der Waals surface area contributed by atoms with Crippen LogP contribution in [0.5, 0.6) is 0 Å². The first-order valence-corrected chi connectivity index (χ1v) is 6.04. The molecule has 0 aliphatic carbocycles. The molecule has 0 unspecified atom stereocenters. The van der Waals surface area contributed by atoms with Crippen molar-refractivity contribution in [1.82, 2.24) is 14.6 Å². The van der Waals surface area contributed by atoms with Gasteiger partial charge in [-0.2, -0.15) is 0 Å². The molecule has 1 aromatic carbocycles. The quantitative estimate of drug-likeness (QED) is 0.779. The van der Waals surface area contributed by atoms with Crippen molar-refractivity contribution in [3.05, 3.63) is 65.4 Å². The first-order valence-electron chi connectivity index (χ1n) is 6.04. The highest BCUT2D eigenvalue weighted by Gasteiger charge is 2.09. The predicted molar refractivity (Wildman–Crippen MR) is 70.1 cm³/mol. The third kappa shape index (κ3) is 2.20. The van der Waals surface area contributed by atoms with Gasteiger partial charge < -0.3 is 5.73 Å². The molecule has 4 nitrogen and oxygen atoms in total. The Bertz CT molecular complexity index is 720. The van der Waals surface area contributed by atoms with Crippen molar-refractivity contribution in [2.75, 3.05) is 0 Å². The molecule has 96 valence electrons. The van der Waals surface area contributed by atoms with Crippen molar-refractivity contribution in [3.8, 4) is 0 Å². The molecule has 0 atom stereocenters. The van der Waals surface area contributed by atoms with Crippen molar-refractivity contribution in [3.63, 3.8) is 0 Å². The zero-order valence-electron chi connectivity index (χ0n) is 10.3. The Morgan fingerprint density at radius 1 is 1.11 bits per heavy atom. The van der Waals surface area contributed by atoms with Gasteiger partial charge in [0.1, 0.15) is 11.6 Å². The number of nitrogens with zero attached hydrogens (tertiary/aromatic N) is 3. The third-order valence-electron chi connectivity index (χ3n) is 3.04. The molecule has 0 spiro atoms. The highest BCUT2D eigenvalue weighted by molar-refractivity contribution is 5.40. The summed E-state index contributed by atoms with van der Waals surface area (Å²) >= 11 is 0. The van der Waals surface area contributed by atoms with Crippen LogP contribution in [-0.2, 0) is 13.0 Å². The largest absolute Gasteiger partial charge is 0.325 e. The lowest BCUT2D eigenvalue weighted by Crippen LogP contribution is -2.07. The number of rotatable bonds is 3. The number of halogens is 1. The van der Waals surface area contributed by atoms with Crippen molar-refractivity contribution >= 4 is 5.65 Å². The van der Waals surface area contributed by atoms with Gasteiger partial charge in [-0.3, -0.25) is 4.40 Å². The molecule has 2 aromatic heterocycles. The highest BCUT2D eigenvalue weighted by Crippen LogP contribution is 2.13. The first kappa shape index (κ1) is 11.8. The van der Waals surface area contributed by atoms with E-state index in [0.717, 1.165) is 22.7 Å². The second-order valence-electron chi connectivity index (χ2n) is 4.34. The van der Waals surface area contributed by atoms with E-state index in [0.29, 0.717) is 13.0 Å². The second kappa shape index (κ2) is 4.78. The molecular weight excluding hydrogens is 243 g/mol. The summed E-state index contributed by atoms with van der Waals surface area (Å²) in [6.45, 7) is 0.408. The number of hydrogen-bond donors (Lipinski definition) is 1. The van der Waals surface area contributed by atoms with Gasteiger partial charge in [0.25, 0.3) is 0 Å². The molecule has 0 amide bonds. The number of nitrogens with two attached hydrogens (primary N) is 1. The fourth-order valence-corrected chi connectivity index (χ4v) is 2.17. The van der Waals surface area contributed by atoms with E-state index in [2.05, 4.69) is 10.2 Å². The molecule has 2 heterocycles. The standard InChI is InChI=1S/C14H13FN4/c15-11-4-1-3-10(7-11)8-14-18-17-13-6-2-5-12(9-16)19(13)14/h1-7H,8-9,16H2. The molecule has 19 heavy (non-hydrogen) atoms. The SMILES string of the molecule is NCc1cccc2nnc(Cc3cccc(F)c3)n12. The predicted octanol–water partition coefficient (Wildman–Crippen LogP) is 1.92. The molecule has 0 fully saturated rings. The molecule has 3 aromatic rings. The van der Waals surface area contributed by atoms with Crippen molar-refractivity contribution in [1.29, 1.82) is 0 Å². The maximum absolute atomic E-state index is 13.2. The van der Waals surface area contributed by atoms with E-state index >= 15 is 0 Å². The minimum absolute atomic E-state index is 0.245. The van der Waals surface area contributed by atoms with Gasteiger partial charge in [0.15, 0.2) is 5.65 Å². The molecule has 5 heteroatoms. The maximum Gasteiger partial charge on any atom is 0.161 e. The smallest absolute Gasteiger partial charge is 0.161 e. The zero-order valence-corrected chi connectivity index (χ0v) is 10.3. The average molecular weight is 256 g/mol. The number of fused-ring (bicyclic) bond motifs is 1. The third-order valence-corrected chi connectivity index (χ3v) is 3.04. The molecule has 2 N–H and O–H groups in total. The molecule has 0 aliphatic rings. The van der Waals surface area contributed by atoms with E-state index in [1.807, 2.05) is 28.7 Å². The molecular formula is C14H13FN4. The van der Waals surface area contributed by atoms with Gasteiger partial charge in [0, 0.05) is 18.7 Å². The molecule has 0 saturated carbocycles. The minimum Gasteiger partial charge on any atom is -0.325 e. The van der Waals surface area contributed by atoms with Gasteiger partial charge >= 0.3 is 0 Å². The normalized spacial score (nSPS) is 11.1. The van der Waals surface area contributed by atoms with Crippen LogP contribution in [0, 0.1) is 5.82 Å². The highest BCUT2D eigenvalue weighted by atomic mass is 19.1. The maximum atomic E-state index is 13.2. The van der Waals surface area contributed by atoms with Gasteiger partial charge in [-0.25, -0.2) is 4.39 Å². The fraction of sp³-hybridized carbons (Fsp3) is 0.143. The lowest BCUT2D eigenvalue weighted by Gasteiger charge is -2.05. The molecule has 0 aliphatic heterocycles. The Labute approximate surface area is 109 Å². The van der Waals surface area contributed by atoms with E-state index in [9.17, 15) is 4.39 Å². The van der Waals surface area contributed by atoms with Crippen molar-refractivity contribution in [2.24, 2.45) is 5.73 Å². The van der Waals surface area contributed by atoms with Gasteiger partial charge in [-0.05, 0) is 29.8 Å². The Balaban J connectivity index is 2.06. The lowest BCUT2D eigenvalue weighted by atomic mass is 10.1. The summed E-state index contributed by atoms with van der Waals surface area (Å²) in [5.74, 6) is 0.520. The molecule has 0 bridgehead atoms. The minimum atomic E-state index is -0.245. The number of benzene rings is 1. The summed E-state index contributed by atoms with van der Waals surface area (Å²) in [6, 6.07) is 12.2. The van der Waals surface area contributed by atoms with Gasteiger partial charge in [-0.1, -0.05) is 18.2 Å². The van der Waals surface area contributed by atoms with Crippen LogP contribution in [0.15, 0.2) is 42.5 Å². The van der Waals surface area contributed by atoms with Gasteiger partial charge in [0.05, 0.1) is 0 Å². The second-order valence-corrected chi connectivity index (χ2v) is 4.34. The number of pyridine rings is 1. The summed E-state index contributed by atoms with van der Waals surface area (Å²) in [5, 5.41) is 8.27. The number of hydrogen-bond acceptors (Lipinski definition) is 3. The van der Waals surface area contributed by atoms with Crippen molar-refractivity contribution < 1.29 is 4.39 Å². The molecule has 0 saturated heterocycles. The van der Waals surface area contributed by atoms with E-state index in [4.69, 9.17) is 5.73 Å². The molecule has 0 radical (unpaired) electrons. The summed E-state index contributed by atoms with van der Waals surface area (Å²) in [6.07, 6.45) is 0.524. The van der Waals surface area contributed by atoms with Crippen LogP contribution in [0.4, 0.5) is 4.39 Å². The van der Waals surface area contributed by atoms with Crippen LogP contribution in [0.3, 0.4) is 0 Å². The monoisotopic (exact) mass is 256 g/mol. The lowest BCUT2D eigenvalue weighted by molar-refractivity contribution is 0.625. The van der Waals surface area contributed by atoms with Crippen LogP contribution in [0.1, 0.15) is 17.1 Å². The summed E-state index contributed by atoms with van der Waals surface area (Å²) in [4.78, 5) is 0. The van der Waals surface area contributed by atoms with Crippen molar-refractivity contribution in [2.45, 2.75) is 13.0 Å². The zero-order chi connectivity index (χ0) is 13.2. The Hall–Kier alpha value is -2.27. The van der Waals surface area contributed by atoms with Gasteiger partial charge in [0.2, 0.25) is 0 Å². The van der Waals surface area contributed by atoms with E-state index < -0.39 is 0 Å². The van der Waals surface area contributed by atoms with Crippen LogP contribution < -0.4 is 5.73 Å². The van der Waals surface area contributed by atoms with Crippen LogP contribution >= 0.6 is 0 Å². The average Bonchev–Trinajstić information content (AvgIpc) is 2.82. The van der Waals surface area contributed by atoms with E-state index in [-0.39, 0.29) is 5.82 Å².